The summed E-state index contributed by atoms with van der Waals surface area (Å²) in [4.78, 5) is 18.6. The Morgan fingerprint density at radius 1 is 0.717 bits per heavy atom. The highest BCUT2D eigenvalue weighted by molar-refractivity contribution is 6.02. The van der Waals surface area contributed by atoms with Gasteiger partial charge in [-0.15, -0.1) is 0 Å². The van der Waals surface area contributed by atoms with Crippen LogP contribution in [0.15, 0.2) is 71.9 Å². The maximum atomic E-state index is 12.8. The number of aliphatic hydroxyl groups is 4. The van der Waals surface area contributed by atoms with Crippen molar-refractivity contribution in [1.29, 1.82) is 0 Å². The third kappa shape index (κ3) is 8.50. The zero-order chi connectivity index (χ0) is 37.3. The number of amides is 1. The quantitative estimate of drug-likeness (QED) is 0.0805. The molecule has 1 amide bonds. The number of unbranched alkanes of at least 4 members (excludes halogenated alkanes) is 2. The van der Waals surface area contributed by atoms with Gasteiger partial charge in [0.15, 0.2) is 17.6 Å². The zero-order valence-electron chi connectivity index (χ0n) is 29.8. The first-order chi connectivity index (χ1) is 25.9. The number of aliphatic hydroxyl groups excluding tert-OH is 4. The molecule has 6 N–H and O–H groups in total. The summed E-state index contributed by atoms with van der Waals surface area (Å²) in [5, 5.41) is 50.0. The minimum absolute atomic E-state index is 0.210. The molecule has 0 saturated carbocycles. The van der Waals surface area contributed by atoms with E-state index in [1.807, 2.05) is 42.5 Å². The van der Waals surface area contributed by atoms with Crippen LogP contribution in [-0.2, 0) is 31.3 Å². The Morgan fingerprint density at radius 2 is 1.42 bits per heavy atom. The van der Waals surface area contributed by atoms with Crippen molar-refractivity contribution in [3.8, 4) is 23.0 Å². The van der Waals surface area contributed by atoms with Crippen molar-refractivity contribution in [3.63, 3.8) is 0 Å². The minimum Gasteiger partial charge on any atom is -0.497 e. The molecule has 2 heterocycles. The van der Waals surface area contributed by atoms with Gasteiger partial charge in [-0.1, -0.05) is 17.3 Å². The molecule has 0 aliphatic carbocycles. The molecule has 0 spiro atoms. The van der Waals surface area contributed by atoms with Gasteiger partial charge in [-0.05, 0) is 102 Å². The van der Waals surface area contributed by atoms with E-state index in [0.29, 0.717) is 81.8 Å². The Morgan fingerprint density at radius 3 is 2.09 bits per heavy atom. The summed E-state index contributed by atoms with van der Waals surface area (Å²) in [5.74, 6) is 2.17. The summed E-state index contributed by atoms with van der Waals surface area (Å²) in [6, 6.07) is 20.0. The molecule has 280 valence electrons. The molecular weight excluding hydrogens is 682 g/mol. The zero-order valence-corrected chi connectivity index (χ0v) is 29.8. The number of oxime groups is 1. The van der Waals surface area contributed by atoms with Crippen LogP contribution in [0, 0.1) is 0 Å². The third-order valence-corrected chi connectivity index (χ3v) is 9.43. The first-order valence-corrected chi connectivity index (χ1v) is 17.5. The number of fused-ring (bicyclic) bond motifs is 1. The fraction of sp³-hybridized carbons (Fsp3) is 0.350. The molecular formula is C40H45N3O10. The van der Waals surface area contributed by atoms with Crippen molar-refractivity contribution in [2.45, 2.75) is 64.4 Å². The van der Waals surface area contributed by atoms with Gasteiger partial charge < -0.3 is 54.8 Å². The van der Waals surface area contributed by atoms with Crippen molar-refractivity contribution in [2.75, 3.05) is 32.8 Å². The molecule has 2 unspecified atom stereocenters. The van der Waals surface area contributed by atoms with E-state index in [1.54, 1.807) is 38.5 Å². The fourth-order valence-corrected chi connectivity index (χ4v) is 6.50. The van der Waals surface area contributed by atoms with Crippen LogP contribution in [0.2, 0.25) is 0 Å². The summed E-state index contributed by atoms with van der Waals surface area (Å²) >= 11 is 0. The Labute approximate surface area is 307 Å². The van der Waals surface area contributed by atoms with E-state index in [2.05, 4.69) is 15.8 Å². The van der Waals surface area contributed by atoms with Gasteiger partial charge in [-0.2, -0.15) is 0 Å². The average molecular weight is 728 g/mol. The predicted octanol–water partition coefficient (Wildman–Crippen LogP) is 5.02. The van der Waals surface area contributed by atoms with Crippen molar-refractivity contribution in [3.05, 3.63) is 111 Å². The van der Waals surface area contributed by atoms with Crippen LogP contribution in [0.4, 0.5) is 5.69 Å². The molecule has 6 rings (SSSR count). The number of ether oxygens (including phenoxy) is 4. The van der Waals surface area contributed by atoms with E-state index in [9.17, 15) is 25.2 Å². The summed E-state index contributed by atoms with van der Waals surface area (Å²) in [6.07, 6.45) is 2.05. The number of anilines is 1. The van der Waals surface area contributed by atoms with Gasteiger partial charge in [0.25, 0.3) is 5.91 Å². The lowest BCUT2D eigenvalue weighted by Gasteiger charge is -2.29. The predicted molar refractivity (Wildman–Crippen MR) is 196 cm³/mol. The molecule has 0 bridgehead atoms. The number of benzene rings is 4. The second kappa shape index (κ2) is 17.5. The van der Waals surface area contributed by atoms with E-state index in [1.165, 1.54) is 0 Å². The van der Waals surface area contributed by atoms with Crippen LogP contribution in [0.5, 0.6) is 23.0 Å². The van der Waals surface area contributed by atoms with Crippen molar-refractivity contribution < 1.29 is 49.0 Å². The Hall–Kier alpha value is -5.34. The average Bonchev–Trinajstić information content (AvgIpc) is 3.70. The monoisotopic (exact) mass is 727 g/mol. The van der Waals surface area contributed by atoms with E-state index in [4.69, 9.17) is 23.8 Å². The van der Waals surface area contributed by atoms with Gasteiger partial charge in [0.2, 0.25) is 0 Å². The SMILES string of the molecule is COc1ccc2c(c1)C(=O)NC(c1ccc(OCCCCCOc3cc(C4CC(c5cc(CO)c(CO)c(CO)c5)=NO4)ccc3OC)c(CO)c1)N2. The van der Waals surface area contributed by atoms with Crippen LogP contribution in [-0.4, -0.2) is 59.5 Å². The second-order valence-electron chi connectivity index (χ2n) is 12.7. The van der Waals surface area contributed by atoms with Gasteiger partial charge in [0.05, 0.1) is 65.1 Å². The molecule has 2 aliphatic heterocycles. The topological polar surface area (TPSA) is 181 Å². The number of carbonyl (C=O) groups is 1. The Balaban J connectivity index is 0.975. The van der Waals surface area contributed by atoms with Crippen molar-refractivity contribution >= 4 is 17.3 Å². The van der Waals surface area contributed by atoms with Gasteiger partial charge in [0.1, 0.15) is 17.7 Å². The maximum Gasteiger partial charge on any atom is 0.255 e. The molecule has 0 saturated heterocycles. The van der Waals surface area contributed by atoms with E-state index in [-0.39, 0.29) is 38.4 Å². The lowest BCUT2D eigenvalue weighted by atomic mass is 9.94. The smallest absolute Gasteiger partial charge is 0.255 e. The highest BCUT2D eigenvalue weighted by Crippen LogP contribution is 2.37. The lowest BCUT2D eigenvalue weighted by molar-refractivity contribution is 0.0854. The number of methoxy groups -OCH3 is 2. The second-order valence-corrected chi connectivity index (χ2v) is 12.7. The van der Waals surface area contributed by atoms with Gasteiger partial charge >= 0.3 is 0 Å². The molecule has 0 aromatic heterocycles. The molecule has 4 aromatic rings. The summed E-state index contributed by atoms with van der Waals surface area (Å²) < 4.78 is 22.9. The third-order valence-electron chi connectivity index (χ3n) is 9.43. The fourth-order valence-electron chi connectivity index (χ4n) is 6.50. The lowest BCUT2D eigenvalue weighted by Crippen LogP contribution is -2.38. The first-order valence-electron chi connectivity index (χ1n) is 17.5. The number of hydrogen-bond acceptors (Lipinski definition) is 12. The maximum absolute atomic E-state index is 12.8. The molecule has 13 heteroatoms. The van der Waals surface area contributed by atoms with Crippen LogP contribution in [0.1, 0.15) is 87.3 Å². The minimum atomic E-state index is -0.462. The van der Waals surface area contributed by atoms with E-state index >= 15 is 0 Å². The van der Waals surface area contributed by atoms with Gasteiger partial charge in [-0.3, -0.25) is 4.79 Å². The molecule has 2 atom stereocenters. The highest BCUT2D eigenvalue weighted by atomic mass is 16.6. The summed E-state index contributed by atoms with van der Waals surface area (Å²) in [6.45, 7) is -0.107. The number of hydrogen-bond donors (Lipinski definition) is 6. The Bertz CT molecular complexity index is 1920. The summed E-state index contributed by atoms with van der Waals surface area (Å²) in [5.41, 5.74) is 6.47. The molecule has 0 fully saturated rings. The number of nitrogens with zero attached hydrogens (tertiary/aromatic N) is 1. The van der Waals surface area contributed by atoms with Crippen LogP contribution in [0.25, 0.3) is 0 Å². The van der Waals surface area contributed by atoms with Crippen LogP contribution in [0.3, 0.4) is 0 Å². The van der Waals surface area contributed by atoms with E-state index in [0.717, 1.165) is 36.0 Å². The highest BCUT2D eigenvalue weighted by Gasteiger charge is 2.27. The van der Waals surface area contributed by atoms with Crippen molar-refractivity contribution in [1.82, 2.24) is 5.32 Å². The van der Waals surface area contributed by atoms with Crippen LogP contribution >= 0.6 is 0 Å². The molecule has 0 radical (unpaired) electrons. The standard InChI is InChI=1S/C40H45N3O10/c1-49-30-8-9-33-31(18-30)40(48)42-39(41-33)25-7-10-35(29(14-25)22-46)51-12-4-3-5-13-52-38-17-24(6-11-36(38)50-2)37-19-34(43-53-37)26-15-27(20-44)32(23-47)28(16-26)21-45/h6-11,14-18,37,39,41,44-47H,3-5,12-13,19-23H2,1-2H3,(H,42,48). The van der Waals surface area contributed by atoms with E-state index < -0.39 is 6.17 Å². The van der Waals surface area contributed by atoms with Gasteiger partial charge in [-0.25, -0.2) is 0 Å². The molecule has 53 heavy (non-hydrogen) atoms. The summed E-state index contributed by atoms with van der Waals surface area (Å²) in [7, 11) is 3.14. The molecule has 2 aliphatic rings. The molecule has 13 nitrogen and oxygen atoms in total. The normalized spacial score (nSPS) is 16.2. The number of rotatable bonds is 17. The van der Waals surface area contributed by atoms with Gasteiger partial charge in [0, 0.05) is 23.2 Å². The Kier molecular flexibility index (Phi) is 12.3. The largest absolute Gasteiger partial charge is 0.497 e. The van der Waals surface area contributed by atoms with Crippen LogP contribution < -0.4 is 29.6 Å². The molecule has 4 aromatic carbocycles. The number of carbonyl (C=O) groups excluding carboxylic acids is 1. The first kappa shape index (κ1) is 37.4. The van der Waals surface area contributed by atoms with Crippen molar-refractivity contribution in [2.24, 2.45) is 5.16 Å². The number of nitrogens with one attached hydrogen (secondary N) is 2.